The van der Waals surface area contributed by atoms with E-state index in [1.807, 2.05) is 19.1 Å². The molecular formula is C29H26F3N9O2. The SMILES string of the molecule is C=CC(=O)N1CCN(c2ccc3ncnc(Nc4ccc(Oc5cnc6c(c5)ncn6C(F)F)c(C)c4F)c3n2)C[C@H]1C. The fourth-order valence-corrected chi connectivity index (χ4v) is 5.04. The van der Waals surface area contributed by atoms with Crippen LogP contribution in [0.25, 0.3) is 22.2 Å². The van der Waals surface area contributed by atoms with Crippen molar-refractivity contribution in [2.45, 2.75) is 26.4 Å². The van der Waals surface area contributed by atoms with E-state index in [1.54, 1.807) is 17.9 Å². The lowest BCUT2D eigenvalue weighted by atomic mass is 10.1. The van der Waals surface area contributed by atoms with E-state index in [2.05, 4.69) is 36.7 Å². The van der Waals surface area contributed by atoms with Crippen molar-refractivity contribution in [1.82, 2.24) is 34.4 Å². The molecule has 43 heavy (non-hydrogen) atoms. The number of benzene rings is 1. The number of carbonyl (C=O) groups excluding carboxylic acids is 1. The highest BCUT2D eigenvalue weighted by atomic mass is 19.3. The lowest BCUT2D eigenvalue weighted by Crippen LogP contribution is -2.53. The van der Waals surface area contributed by atoms with Crippen molar-refractivity contribution >= 4 is 45.4 Å². The molecule has 6 rings (SSSR count). The highest BCUT2D eigenvalue weighted by molar-refractivity contribution is 5.89. The molecule has 1 aliphatic rings. The van der Waals surface area contributed by atoms with E-state index in [9.17, 15) is 13.6 Å². The number of pyridine rings is 2. The Morgan fingerprint density at radius 1 is 1.14 bits per heavy atom. The van der Waals surface area contributed by atoms with Crippen LogP contribution < -0.4 is 15.0 Å². The van der Waals surface area contributed by atoms with Gasteiger partial charge in [0.2, 0.25) is 5.91 Å². The van der Waals surface area contributed by atoms with Gasteiger partial charge < -0.3 is 19.9 Å². The van der Waals surface area contributed by atoms with Crippen LogP contribution in [0.5, 0.6) is 11.5 Å². The molecule has 1 fully saturated rings. The van der Waals surface area contributed by atoms with Gasteiger partial charge in [-0.15, -0.1) is 0 Å². The van der Waals surface area contributed by atoms with Crippen LogP contribution in [0.4, 0.5) is 30.5 Å². The summed E-state index contributed by atoms with van der Waals surface area (Å²) in [6.45, 7) is 6.03. The second-order valence-corrected chi connectivity index (χ2v) is 10.0. The van der Waals surface area contributed by atoms with E-state index in [0.717, 1.165) is 6.33 Å². The first-order valence-corrected chi connectivity index (χ1v) is 13.4. The van der Waals surface area contributed by atoms with E-state index in [1.165, 1.54) is 30.7 Å². The molecule has 1 saturated heterocycles. The number of alkyl halides is 2. The average Bonchev–Trinajstić information content (AvgIpc) is 3.44. The van der Waals surface area contributed by atoms with E-state index < -0.39 is 12.4 Å². The van der Waals surface area contributed by atoms with Crippen LogP contribution in [-0.4, -0.2) is 66.0 Å². The van der Waals surface area contributed by atoms with Gasteiger partial charge in [-0.3, -0.25) is 9.36 Å². The third-order valence-corrected chi connectivity index (χ3v) is 7.29. The molecule has 0 bridgehead atoms. The molecule has 0 aliphatic carbocycles. The number of piperazine rings is 1. The number of nitrogens with zero attached hydrogens (tertiary/aromatic N) is 8. The van der Waals surface area contributed by atoms with Crippen LogP contribution in [0.2, 0.25) is 0 Å². The van der Waals surface area contributed by atoms with Crippen molar-refractivity contribution in [3.63, 3.8) is 0 Å². The van der Waals surface area contributed by atoms with E-state index >= 15 is 4.39 Å². The van der Waals surface area contributed by atoms with Gasteiger partial charge in [-0.2, -0.15) is 8.78 Å². The minimum absolute atomic E-state index is 0.0122. The van der Waals surface area contributed by atoms with Crippen molar-refractivity contribution < 1.29 is 22.7 Å². The average molecular weight is 590 g/mol. The molecule has 11 nitrogen and oxygen atoms in total. The van der Waals surface area contributed by atoms with Crippen LogP contribution in [0, 0.1) is 12.7 Å². The van der Waals surface area contributed by atoms with Gasteiger partial charge in [-0.05, 0) is 44.2 Å². The summed E-state index contributed by atoms with van der Waals surface area (Å²) in [5, 5.41) is 3.03. The molecule has 5 aromatic rings. The molecule has 1 amide bonds. The van der Waals surface area contributed by atoms with Crippen molar-refractivity contribution in [2.24, 2.45) is 0 Å². The number of rotatable bonds is 7. The third-order valence-electron chi connectivity index (χ3n) is 7.29. The van der Waals surface area contributed by atoms with Gasteiger partial charge >= 0.3 is 6.55 Å². The first kappa shape index (κ1) is 27.9. The summed E-state index contributed by atoms with van der Waals surface area (Å²) < 4.78 is 48.2. The van der Waals surface area contributed by atoms with Gasteiger partial charge in [0.05, 0.1) is 17.4 Å². The van der Waals surface area contributed by atoms with Crippen molar-refractivity contribution in [3.05, 3.63) is 73.2 Å². The summed E-state index contributed by atoms with van der Waals surface area (Å²) >= 11 is 0. The normalized spacial score (nSPS) is 15.3. The summed E-state index contributed by atoms with van der Waals surface area (Å²) in [6.07, 6.45) is 4.97. The minimum Gasteiger partial charge on any atom is -0.455 e. The summed E-state index contributed by atoms with van der Waals surface area (Å²) in [6, 6.07) is 8.19. The Hall–Kier alpha value is -5.27. The largest absolute Gasteiger partial charge is 0.455 e. The van der Waals surface area contributed by atoms with Gasteiger partial charge in [-0.1, -0.05) is 6.58 Å². The molecule has 0 radical (unpaired) electrons. The predicted octanol–water partition coefficient (Wildman–Crippen LogP) is 5.37. The Balaban J connectivity index is 1.24. The molecule has 220 valence electrons. The number of aromatic nitrogens is 6. The lowest BCUT2D eigenvalue weighted by molar-refractivity contribution is -0.128. The van der Waals surface area contributed by atoms with E-state index in [-0.39, 0.29) is 45.9 Å². The highest BCUT2D eigenvalue weighted by Gasteiger charge is 2.27. The summed E-state index contributed by atoms with van der Waals surface area (Å²) in [4.78, 5) is 37.3. The van der Waals surface area contributed by atoms with E-state index in [4.69, 9.17) is 9.72 Å². The van der Waals surface area contributed by atoms with Gasteiger partial charge in [0, 0.05) is 37.3 Å². The Morgan fingerprint density at radius 3 is 2.74 bits per heavy atom. The molecule has 1 aromatic carbocycles. The van der Waals surface area contributed by atoms with Crippen LogP contribution in [-0.2, 0) is 4.79 Å². The molecule has 5 heterocycles. The second-order valence-electron chi connectivity index (χ2n) is 10.0. The Morgan fingerprint density at radius 2 is 1.98 bits per heavy atom. The number of amides is 1. The summed E-state index contributed by atoms with van der Waals surface area (Å²) in [7, 11) is 0. The number of fused-ring (bicyclic) bond motifs is 2. The number of carbonyl (C=O) groups is 1. The summed E-state index contributed by atoms with van der Waals surface area (Å²) in [5.41, 5.74) is 1.61. The maximum Gasteiger partial charge on any atom is 0.321 e. The molecule has 4 aromatic heterocycles. The quantitative estimate of drug-likeness (QED) is 0.250. The number of anilines is 3. The molecule has 14 heteroatoms. The maximum atomic E-state index is 15.6. The van der Waals surface area contributed by atoms with Crippen LogP contribution in [0.1, 0.15) is 19.0 Å². The second kappa shape index (κ2) is 11.2. The highest BCUT2D eigenvalue weighted by Crippen LogP contribution is 2.34. The third kappa shape index (κ3) is 5.27. The van der Waals surface area contributed by atoms with Crippen molar-refractivity contribution in [1.29, 1.82) is 0 Å². The van der Waals surface area contributed by atoms with Crippen molar-refractivity contribution in [2.75, 3.05) is 29.9 Å². The topological polar surface area (TPSA) is 114 Å². The fourth-order valence-electron chi connectivity index (χ4n) is 5.04. The minimum atomic E-state index is -2.77. The first-order chi connectivity index (χ1) is 20.7. The smallest absolute Gasteiger partial charge is 0.321 e. The lowest BCUT2D eigenvalue weighted by Gasteiger charge is -2.40. The molecule has 1 atom stereocenters. The number of imidazole rings is 1. The van der Waals surface area contributed by atoms with E-state index in [0.29, 0.717) is 46.9 Å². The molecule has 0 saturated carbocycles. The summed E-state index contributed by atoms with van der Waals surface area (Å²) in [5.74, 6) is 0.759. The number of halogens is 3. The predicted molar refractivity (Wildman–Crippen MR) is 154 cm³/mol. The number of nitrogens with one attached hydrogen (secondary N) is 1. The van der Waals surface area contributed by atoms with Crippen LogP contribution >= 0.6 is 0 Å². The van der Waals surface area contributed by atoms with Crippen LogP contribution in [0.15, 0.2) is 61.8 Å². The Kier molecular flexibility index (Phi) is 7.26. The fraction of sp³-hybridized carbons (Fsp3) is 0.241. The maximum absolute atomic E-state index is 15.6. The molecule has 1 aliphatic heterocycles. The van der Waals surface area contributed by atoms with Crippen molar-refractivity contribution in [3.8, 4) is 11.5 Å². The first-order valence-electron chi connectivity index (χ1n) is 13.4. The molecule has 0 unspecified atom stereocenters. The standard InChI is InChI=1S/C29H26F3N9O2/c1-4-24(42)40-10-9-39(13-16(40)2)23-8-6-20-26(38-23)27(35-14-34-20)37-19-5-7-22(17(3)25(19)30)43-18-11-21-28(33-12-18)41(15-36-21)29(31)32/h4-8,11-12,14-16,29H,1,9-10,13H2,2-3H3,(H,34,35,37)/t16-/m1/s1. The van der Waals surface area contributed by atoms with Crippen LogP contribution in [0.3, 0.4) is 0 Å². The molecular weight excluding hydrogens is 563 g/mol. The molecule has 0 spiro atoms. The molecule has 1 N–H and O–H groups in total. The Bertz CT molecular complexity index is 1860. The number of ether oxygens (including phenoxy) is 1. The number of hydrogen-bond donors (Lipinski definition) is 1. The van der Waals surface area contributed by atoms with Gasteiger partial charge in [-0.25, -0.2) is 29.3 Å². The van der Waals surface area contributed by atoms with Gasteiger partial charge in [0.1, 0.15) is 41.0 Å². The monoisotopic (exact) mass is 589 g/mol. The zero-order chi connectivity index (χ0) is 30.2. The van der Waals surface area contributed by atoms with Gasteiger partial charge in [0.15, 0.2) is 17.3 Å². The Labute approximate surface area is 243 Å². The number of hydrogen-bond acceptors (Lipinski definition) is 9. The van der Waals surface area contributed by atoms with Gasteiger partial charge in [0.25, 0.3) is 0 Å². The zero-order valence-corrected chi connectivity index (χ0v) is 23.2. The zero-order valence-electron chi connectivity index (χ0n) is 23.2.